The molecule has 0 aromatic rings. The van der Waals surface area contributed by atoms with Gasteiger partial charge in [0.1, 0.15) is 0 Å². The average molecular weight is 429 g/mol. The molecule has 6 heteroatoms. The monoisotopic (exact) mass is 428 g/mol. The summed E-state index contributed by atoms with van der Waals surface area (Å²) in [5.74, 6) is 0. The van der Waals surface area contributed by atoms with E-state index in [2.05, 4.69) is 9.80 Å². The topological polar surface area (TPSA) is 111 Å². The molecule has 6 nitrogen and oxygen atoms in total. The summed E-state index contributed by atoms with van der Waals surface area (Å²) in [4.78, 5) is 5.10. The van der Waals surface area contributed by atoms with Crippen LogP contribution in [0, 0.1) is 0 Å². The first kappa shape index (κ1) is 29.8. The highest BCUT2D eigenvalue weighted by molar-refractivity contribution is 4.61. The van der Waals surface area contributed by atoms with Crippen LogP contribution in [0.25, 0.3) is 0 Å². The van der Waals surface area contributed by atoms with E-state index in [0.29, 0.717) is 0 Å². The average Bonchev–Trinajstić information content (AvgIpc) is 2.76. The van der Waals surface area contributed by atoms with Crippen molar-refractivity contribution in [3.63, 3.8) is 0 Å². The number of rotatable bonds is 25. The van der Waals surface area contributed by atoms with Crippen LogP contribution in [0.5, 0.6) is 0 Å². The summed E-state index contributed by atoms with van der Waals surface area (Å²) in [5.41, 5.74) is 22.6. The molecule has 30 heavy (non-hydrogen) atoms. The molecular weight excluding hydrogens is 372 g/mol. The van der Waals surface area contributed by atoms with Crippen molar-refractivity contribution >= 4 is 0 Å². The van der Waals surface area contributed by atoms with Gasteiger partial charge in [0.25, 0.3) is 0 Å². The van der Waals surface area contributed by atoms with Gasteiger partial charge in [-0.15, -0.1) is 0 Å². The van der Waals surface area contributed by atoms with E-state index in [0.717, 1.165) is 78.0 Å². The lowest BCUT2D eigenvalue weighted by Crippen LogP contribution is -2.29. The maximum absolute atomic E-state index is 5.65. The van der Waals surface area contributed by atoms with Crippen LogP contribution < -0.4 is 22.9 Å². The number of hydrogen-bond donors (Lipinski definition) is 4. The van der Waals surface area contributed by atoms with E-state index in [9.17, 15) is 0 Å². The summed E-state index contributed by atoms with van der Waals surface area (Å²) < 4.78 is 0. The maximum atomic E-state index is 5.65. The van der Waals surface area contributed by atoms with Crippen LogP contribution in [-0.2, 0) is 0 Å². The molecule has 0 aliphatic carbocycles. The quantitative estimate of drug-likeness (QED) is 0.166. The minimum atomic E-state index is 0.792. The first-order valence-corrected chi connectivity index (χ1v) is 13.0. The summed E-state index contributed by atoms with van der Waals surface area (Å²) >= 11 is 0. The summed E-state index contributed by atoms with van der Waals surface area (Å²) in [6.07, 6.45) is 18.2. The van der Waals surface area contributed by atoms with E-state index in [4.69, 9.17) is 22.9 Å². The SMILES string of the molecule is NCCCN(CCCN)CCCCCCCCCCCCN(CCCN)CCCN. The van der Waals surface area contributed by atoms with Gasteiger partial charge in [-0.1, -0.05) is 51.4 Å². The molecule has 0 rings (SSSR count). The Balaban J connectivity index is 3.49. The first-order valence-electron chi connectivity index (χ1n) is 13.0. The van der Waals surface area contributed by atoms with Crippen molar-refractivity contribution in [1.82, 2.24) is 9.80 Å². The van der Waals surface area contributed by atoms with Gasteiger partial charge in [0.15, 0.2) is 0 Å². The molecule has 0 aromatic heterocycles. The molecule has 0 spiro atoms. The minimum Gasteiger partial charge on any atom is -0.330 e. The summed E-state index contributed by atoms with van der Waals surface area (Å²) in [6.45, 7) is 10.1. The smallest absolute Gasteiger partial charge is 0.000671 e. The van der Waals surface area contributed by atoms with Gasteiger partial charge in [-0.05, 0) is 104 Å². The second-order valence-electron chi connectivity index (χ2n) is 8.79. The molecule has 0 aliphatic rings. The van der Waals surface area contributed by atoms with Crippen molar-refractivity contribution in [3.05, 3.63) is 0 Å². The fourth-order valence-electron chi connectivity index (χ4n) is 4.02. The van der Waals surface area contributed by atoms with Crippen LogP contribution in [-0.4, -0.2) is 75.2 Å². The number of nitrogens with two attached hydrogens (primary N) is 4. The molecule has 0 aliphatic heterocycles. The molecular formula is C24H56N6. The Labute approximate surface area is 188 Å². The molecule has 0 bridgehead atoms. The molecule has 0 fully saturated rings. The Kier molecular flexibility index (Phi) is 24.8. The zero-order valence-electron chi connectivity index (χ0n) is 20.2. The second-order valence-corrected chi connectivity index (χ2v) is 8.79. The summed E-state index contributed by atoms with van der Waals surface area (Å²) in [6, 6.07) is 0. The zero-order chi connectivity index (χ0) is 22.1. The highest BCUT2D eigenvalue weighted by atomic mass is 15.1. The third-order valence-corrected chi connectivity index (χ3v) is 5.91. The molecule has 0 unspecified atom stereocenters. The van der Waals surface area contributed by atoms with Crippen molar-refractivity contribution in [2.75, 3.05) is 65.4 Å². The van der Waals surface area contributed by atoms with Crippen LogP contribution in [0.15, 0.2) is 0 Å². The van der Waals surface area contributed by atoms with Crippen molar-refractivity contribution in [2.45, 2.75) is 89.9 Å². The lowest BCUT2D eigenvalue weighted by atomic mass is 10.1. The van der Waals surface area contributed by atoms with E-state index in [1.807, 2.05) is 0 Å². The molecule has 0 amide bonds. The zero-order valence-corrected chi connectivity index (χ0v) is 20.2. The number of nitrogens with zero attached hydrogens (tertiary/aromatic N) is 2. The first-order chi connectivity index (χ1) is 14.8. The predicted octanol–water partition coefficient (Wildman–Crippen LogP) is 2.89. The molecule has 0 radical (unpaired) electrons. The van der Waals surface area contributed by atoms with Crippen molar-refractivity contribution in [1.29, 1.82) is 0 Å². The number of hydrogen-bond acceptors (Lipinski definition) is 6. The Morgan fingerprint density at radius 3 is 0.700 bits per heavy atom. The van der Waals surface area contributed by atoms with Gasteiger partial charge in [0.05, 0.1) is 0 Å². The molecule has 0 heterocycles. The normalized spacial score (nSPS) is 11.8. The largest absolute Gasteiger partial charge is 0.330 e. The van der Waals surface area contributed by atoms with Gasteiger partial charge in [-0.3, -0.25) is 0 Å². The van der Waals surface area contributed by atoms with E-state index >= 15 is 0 Å². The van der Waals surface area contributed by atoms with Gasteiger partial charge >= 0.3 is 0 Å². The highest BCUT2D eigenvalue weighted by Gasteiger charge is 2.04. The predicted molar refractivity (Wildman–Crippen MR) is 134 cm³/mol. The van der Waals surface area contributed by atoms with Crippen LogP contribution >= 0.6 is 0 Å². The van der Waals surface area contributed by atoms with Crippen LogP contribution in [0.3, 0.4) is 0 Å². The molecule has 8 N–H and O–H groups in total. The minimum absolute atomic E-state index is 0.792. The molecule has 0 saturated heterocycles. The second kappa shape index (κ2) is 25.0. The van der Waals surface area contributed by atoms with E-state index in [1.54, 1.807) is 0 Å². The van der Waals surface area contributed by atoms with Gasteiger partial charge in [-0.25, -0.2) is 0 Å². The molecule has 0 saturated carbocycles. The molecule has 182 valence electrons. The molecule has 0 atom stereocenters. The summed E-state index contributed by atoms with van der Waals surface area (Å²) in [5, 5.41) is 0. The van der Waals surface area contributed by atoms with Gasteiger partial charge in [0.2, 0.25) is 0 Å². The fraction of sp³-hybridized carbons (Fsp3) is 1.00. The fourth-order valence-corrected chi connectivity index (χ4v) is 4.02. The lowest BCUT2D eigenvalue weighted by molar-refractivity contribution is 0.262. The Morgan fingerprint density at radius 1 is 0.267 bits per heavy atom. The van der Waals surface area contributed by atoms with Crippen molar-refractivity contribution in [3.8, 4) is 0 Å². The van der Waals surface area contributed by atoms with Crippen molar-refractivity contribution in [2.24, 2.45) is 22.9 Å². The lowest BCUT2D eigenvalue weighted by Gasteiger charge is -2.21. The van der Waals surface area contributed by atoms with Crippen LogP contribution in [0.2, 0.25) is 0 Å². The van der Waals surface area contributed by atoms with Crippen LogP contribution in [0.4, 0.5) is 0 Å². The van der Waals surface area contributed by atoms with Gasteiger partial charge < -0.3 is 32.7 Å². The highest BCUT2D eigenvalue weighted by Crippen LogP contribution is 2.11. The summed E-state index contributed by atoms with van der Waals surface area (Å²) in [7, 11) is 0. The third kappa shape index (κ3) is 21.0. The van der Waals surface area contributed by atoms with Crippen molar-refractivity contribution < 1.29 is 0 Å². The van der Waals surface area contributed by atoms with Gasteiger partial charge in [0, 0.05) is 0 Å². The van der Waals surface area contributed by atoms with E-state index < -0.39 is 0 Å². The Bertz CT molecular complexity index is 270. The Morgan fingerprint density at radius 2 is 0.467 bits per heavy atom. The maximum Gasteiger partial charge on any atom is -0.000671 e. The third-order valence-electron chi connectivity index (χ3n) is 5.91. The van der Waals surface area contributed by atoms with E-state index in [1.165, 1.54) is 77.3 Å². The Hall–Kier alpha value is -0.240. The van der Waals surface area contributed by atoms with E-state index in [-0.39, 0.29) is 0 Å². The van der Waals surface area contributed by atoms with Gasteiger partial charge in [-0.2, -0.15) is 0 Å². The standard InChI is InChI=1S/C24H56N6/c25-15-11-21-29(22-12-16-26)19-9-7-5-3-1-2-4-6-8-10-20-30(23-13-17-27)24-14-18-28/h1-28H2. The molecule has 0 aromatic carbocycles. The number of unbranched alkanes of at least 4 members (excludes halogenated alkanes) is 9. The van der Waals surface area contributed by atoms with Crippen LogP contribution in [0.1, 0.15) is 89.9 Å².